The number of rotatable bonds is 5. The Balaban J connectivity index is 1.40. The van der Waals surface area contributed by atoms with Gasteiger partial charge in [0.25, 0.3) is 0 Å². The number of para-hydroxylation sites is 2. The van der Waals surface area contributed by atoms with Crippen LogP contribution in [0.5, 0.6) is 0 Å². The lowest BCUT2D eigenvalue weighted by Gasteiger charge is -2.26. The number of aromatic nitrogens is 1. The van der Waals surface area contributed by atoms with Gasteiger partial charge in [0.1, 0.15) is 17.7 Å². The summed E-state index contributed by atoms with van der Waals surface area (Å²) in [5.41, 5.74) is 8.12. The van der Waals surface area contributed by atoms with Crippen LogP contribution in [-0.4, -0.2) is 4.98 Å². The Labute approximate surface area is 230 Å². The van der Waals surface area contributed by atoms with Crippen molar-refractivity contribution in [1.29, 1.82) is 15.8 Å². The number of nitriles is 3. The number of benzene rings is 5. The molecule has 186 valence electrons. The molecule has 40 heavy (non-hydrogen) atoms. The Morgan fingerprint density at radius 2 is 1.12 bits per heavy atom. The highest BCUT2D eigenvalue weighted by molar-refractivity contribution is 5.81. The smallest absolute Gasteiger partial charge is 0.227 e. The molecule has 0 atom stereocenters. The van der Waals surface area contributed by atoms with Crippen molar-refractivity contribution in [1.82, 2.24) is 4.98 Å². The highest BCUT2D eigenvalue weighted by Crippen LogP contribution is 2.37. The molecule has 0 N–H and O–H groups in total. The summed E-state index contributed by atoms with van der Waals surface area (Å²) in [7, 11) is 0. The van der Waals surface area contributed by atoms with Crippen molar-refractivity contribution in [2.75, 3.05) is 4.90 Å². The zero-order valence-electron chi connectivity index (χ0n) is 21.1. The van der Waals surface area contributed by atoms with Gasteiger partial charge in [-0.05, 0) is 90.0 Å². The second-order valence-electron chi connectivity index (χ2n) is 9.06. The first kappa shape index (κ1) is 24.2. The lowest BCUT2D eigenvalue weighted by molar-refractivity contribution is 0.620. The third-order valence-corrected chi connectivity index (χ3v) is 6.64. The van der Waals surface area contributed by atoms with E-state index in [1.54, 1.807) is 24.3 Å². The van der Waals surface area contributed by atoms with Gasteiger partial charge < -0.3 is 9.32 Å². The van der Waals surface area contributed by atoms with E-state index in [0.29, 0.717) is 22.6 Å². The van der Waals surface area contributed by atoms with Crippen molar-refractivity contribution in [3.05, 3.63) is 132 Å². The van der Waals surface area contributed by atoms with Crippen LogP contribution in [0, 0.1) is 34.0 Å². The first-order valence-corrected chi connectivity index (χ1v) is 12.5. The van der Waals surface area contributed by atoms with Crippen LogP contribution < -0.4 is 4.90 Å². The fraction of sp³-hybridized carbons (Fsp3) is 0. The number of anilines is 3. The Hall–Kier alpha value is -6.16. The van der Waals surface area contributed by atoms with E-state index >= 15 is 0 Å². The second-order valence-corrected chi connectivity index (χ2v) is 9.06. The molecule has 0 radical (unpaired) electrons. The summed E-state index contributed by atoms with van der Waals surface area (Å²) in [6.07, 6.45) is 0. The Bertz CT molecular complexity index is 1930. The van der Waals surface area contributed by atoms with E-state index in [1.807, 2.05) is 95.9 Å². The van der Waals surface area contributed by atoms with Crippen LogP contribution in [0.15, 0.2) is 120 Å². The number of hydrogen-bond donors (Lipinski definition) is 0. The van der Waals surface area contributed by atoms with Crippen molar-refractivity contribution in [2.24, 2.45) is 0 Å². The van der Waals surface area contributed by atoms with Gasteiger partial charge in [-0.15, -0.1) is 0 Å². The quantitative estimate of drug-likeness (QED) is 0.230. The molecule has 0 amide bonds. The highest BCUT2D eigenvalue weighted by atomic mass is 16.3. The third-order valence-electron chi connectivity index (χ3n) is 6.64. The Morgan fingerprint density at radius 3 is 1.73 bits per heavy atom. The van der Waals surface area contributed by atoms with Crippen LogP contribution in [0.2, 0.25) is 0 Å². The van der Waals surface area contributed by atoms with Crippen LogP contribution in [0.3, 0.4) is 0 Å². The molecular formula is C34H19N5O. The maximum atomic E-state index is 9.66. The molecule has 6 rings (SSSR count). The molecule has 0 fully saturated rings. The molecule has 6 aromatic rings. The minimum absolute atomic E-state index is 0.308. The van der Waals surface area contributed by atoms with Gasteiger partial charge in [0.2, 0.25) is 5.89 Å². The Morgan fingerprint density at radius 1 is 0.550 bits per heavy atom. The monoisotopic (exact) mass is 513 g/mol. The summed E-state index contributed by atoms with van der Waals surface area (Å²) in [6, 6.07) is 42.6. The minimum atomic E-state index is 0.308. The van der Waals surface area contributed by atoms with Gasteiger partial charge in [-0.2, -0.15) is 15.8 Å². The van der Waals surface area contributed by atoms with Crippen LogP contribution in [0.1, 0.15) is 16.7 Å². The zero-order valence-corrected chi connectivity index (χ0v) is 21.1. The third kappa shape index (κ3) is 4.52. The molecule has 0 unspecified atom stereocenters. The molecule has 0 bridgehead atoms. The zero-order chi connectivity index (χ0) is 27.5. The summed E-state index contributed by atoms with van der Waals surface area (Å²) in [4.78, 5) is 6.63. The molecule has 1 aromatic heterocycles. The van der Waals surface area contributed by atoms with Gasteiger partial charge in [0, 0.05) is 22.6 Å². The van der Waals surface area contributed by atoms with Crippen molar-refractivity contribution in [2.45, 2.75) is 0 Å². The van der Waals surface area contributed by atoms with E-state index in [2.05, 4.69) is 23.2 Å². The number of fused-ring (bicyclic) bond motifs is 1. The molecule has 0 aliphatic rings. The van der Waals surface area contributed by atoms with Crippen molar-refractivity contribution >= 4 is 28.2 Å². The first-order valence-electron chi connectivity index (χ1n) is 12.5. The largest absolute Gasteiger partial charge is 0.436 e. The standard InChI is InChI=1S/C34H19N5O/c35-20-23-5-7-24(8-6-23)25-9-14-29(15-10-25)39(31-18-13-27(21-36)28(19-31)22-37)30-16-11-26(12-17-30)34-38-32-3-1-2-4-33(32)40-34/h1-19H. The predicted molar refractivity (Wildman–Crippen MR) is 154 cm³/mol. The van der Waals surface area contributed by atoms with Gasteiger partial charge in [0.05, 0.1) is 22.8 Å². The fourth-order valence-corrected chi connectivity index (χ4v) is 4.60. The number of oxazole rings is 1. The lowest BCUT2D eigenvalue weighted by atomic mass is 10.0. The van der Waals surface area contributed by atoms with E-state index in [1.165, 1.54) is 0 Å². The average molecular weight is 514 g/mol. The molecule has 6 nitrogen and oxygen atoms in total. The van der Waals surface area contributed by atoms with Crippen molar-refractivity contribution < 1.29 is 4.42 Å². The molecule has 5 aromatic carbocycles. The SMILES string of the molecule is N#Cc1ccc(-c2ccc(N(c3ccc(-c4nc5ccccc5o4)cc3)c3ccc(C#N)c(C#N)c3)cc2)cc1. The summed E-state index contributed by atoms with van der Waals surface area (Å²) >= 11 is 0. The molecule has 0 saturated carbocycles. The van der Waals surface area contributed by atoms with Crippen molar-refractivity contribution in [3.63, 3.8) is 0 Å². The Kier molecular flexibility index (Phi) is 6.23. The van der Waals surface area contributed by atoms with Gasteiger partial charge in [-0.1, -0.05) is 36.4 Å². The molecule has 0 aliphatic heterocycles. The summed E-state index contributed by atoms with van der Waals surface area (Å²) < 4.78 is 5.94. The highest BCUT2D eigenvalue weighted by Gasteiger charge is 2.16. The van der Waals surface area contributed by atoms with E-state index in [-0.39, 0.29) is 0 Å². The van der Waals surface area contributed by atoms with Crippen LogP contribution in [-0.2, 0) is 0 Å². The second kappa shape index (κ2) is 10.3. The summed E-state index contributed by atoms with van der Waals surface area (Å²) in [5, 5.41) is 28.2. The van der Waals surface area contributed by atoms with Gasteiger partial charge >= 0.3 is 0 Å². The van der Waals surface area contributed by atoms with E-state index in [0.717, 1.165) is 44.9 Å². The summed E-state index contributed by atoms with van der Waals surface area (Å²) in [5.74, 6) is 0.538. The summed E-state index contributed by atoms with van der Waals surface area (Å²) in [6.45, 7) is 0. The normalized spacial score (nSPS) is 10.4. The molecule has 0 saturated heterocycles. The lowest BCUT2D eigenvalue weighted by Crippen LogP contribution is -2.10. The van der Waals surface area contributed by atoms with Crippen LogP contribution >= 0.6 is 0 Å². The van der Waals surface area contributed by atoms with Gasteiger partial charge in [0.15, 0.2) is 5.58 Å². The van der Waals surface area contributed by atoms with Crippen LogP contribution in [0.25, 0.3) is 33.7 Å². The fourth-order valence-electron chi connectivity index (χ4n) is 4.60. The molecule has 0 aliphatic carbocycles. The molecule has 1 heterocycles. The maximum absolute atomic E-state index is 9.66. The number of hydrogen-bond acceptors (Lipinski definition) is 6. The first-order chi connectivity index (χ1) is 19.7. The predicted octanol–water partition coefficient (Wildman–Crippen LogP) is 8.25. The minimum Gasteiger partial charge on any atom is -0.436 e. The number of nitrogens with zero attached hydrogens (tertiary/aromatic N) is 5. The molecular weight excluding hydrogens is 494 g/mol. The topological polar surface area (TPSA) is 101 Å². The van der Waals surface area contributed by atoms with Crippen LogP contribution in [0.4, 0.5) is 17.1 Å². The average Bonchev–Trinajstić information content (AvgIpc) is 3.46. The van der Waals surface area contributed by atoms with E-state index in [9.17, 15) is 10.5 Å². The van der Waals surface area contributed by atoms with Crippen molar-refractivity contribution in [3.8, 4) is 40.8 Å². The molecule has 6 heteroatoms. The molecule has 0 spiro atoms. The van der Waals surface area contributed by atoms with E-state index in [4.69, 9.17) is 9.68 Å². The maximum Gasteiger partial charge on any atom is 0.227 e. The van der Waals surface area contributed by atoms with Gasteiger partial charge in [-0.3, -0.25) is 0 Å². The van der Waals surface area contributed by atoms with Gasteiger partial charge in [-0.25, -0.2) is 4.98 Å². The van der Waals surface area contributed by atoms with E-state index < -0.39 is 0 Å².